The van der Waals surface area contributed by atoms with Crippen molar-refractivity contribution in [1.29, 1.82) is 0 Å². The number of rotatable bonds is 2. The van der Waals surface area contributed by atoms with Gasteiger partial charge >= 0.3 is 0 Å². The van der Waals surface area contributed by atoms with Crippen molar-refractivity contribution in [3.63, 3.8) is 0 Å². The Balaban J connectivity index is 1.44. The number of nitrogens with zero attached hydrogens (tertiary/aromatic N) is 1. The molecule has 1 aromatic carbocycles. The summed E-state index contributed by atoms with van der Waals surface area (Å²) in [6.45, 7) is 1.98. The van der Waals surface area contributed by atoms with Gasteiger partial charge in [0, 0.05) is 24.9 Å². The standard InChI is InChI=1S/C21H19N3O6S/c1-8-2-4-9(5-3-8)31(29,30)24-6-10-11(7-24)13-16-14(18(25)22-20(16)27)12(10)15-17(13)21(28)23-19(15)26/h2-5,12-17H,6-7H2,1H3,(H,22,25,27)(H,23,26,28). The minimum atomic E-state index is -3.81. The summed E-state index contributed by atoms with van der Waals surface area (Å²) in [6.07, 6.45) is 0. The Morgan fingerprint density at radius 2 is 1.10 bits per heavy atom. The number of carbonyl (C=O) groups excluding carboxylic acids is 4. The third kappa shape index (κ3) is 2.26. The largest absolute Gasteiger partial charge is 0.296 e. The molecule has 0 aromatic heterocycles. The number of carbonyl (C=O) groups is 4. The number of aryl methyl sites for hydroxylation is 1. The Morgan fingerprint density at radius 1 is 0.710 bits per heavy atom. The van der Waals surface area contributed by atoms with Gasteiger partial charge in [-0.1, -0.05) is 17.7 Å². The Labute approximate surface area is 177 Å². The molecule has 2 saturated heterocycles. The zero-order chi connectivity index (χ0) is 21.8. The maximum absolute atomic E-state index is 13.3. The van der Waals surface area contributed by atoms with E-state index in [9.17, 15) is 27.6 Å². The van der Waals surface area contributed by atoms with Crippen LogP contribution in [-0.2, 0) is 29.2 Å². The molecule has 3 heterocycles. The highest BCUT2D eigenvalue weighted by Crippen LogP contribution is 2.61. The van der Waals surface area contributed by atoms with Crippen LogP contribution in [0.25, 0.3) is 0 Å². The van der Waals surface area contributed by atoms with E-state index >= 15 is 0 Å². The molecule has 1 aromatic rings. The van der Waals surface area contributed by atoms with E-state index in [1.54, 1.807) is 24.3 Å². The normalized spacial score (nSPS) is 36.4. The van der Waals surface area contributed by atoms with Crippen molar-refractivity contribution < 1.29 is 27.6 Å². The molecule has 4 unspecified atom stereocenters. The topological polar surface area (TPSA) is 130 Å². The Morgan fingerprint density at radius 3 is 1.48 bits per heavy atom. The molecule has 3 aliphatic heterocycles. The second-order valence-corrected chi connectivity index (χ2v) is 10.9. The molecule has 160 valence electrons. The highest BCUT2D eigenvalue weighted by Gasteiger charge is 2.70. The van der Waals surface area contributed by atoms with Crippen molar-refractivity contribution in [2.24, 2.45) is 35.5 Å². The summed E-state index contributed by atoms with van der Waals surface area (Å²) in [5, 5.41) is 4.72. The van der Waals surface area contributed by atoms with Crippen molar-refractivity contribution >= 4 is 33.7 Å². The average molecular weight is 441 g/mol. The number of benzene rings is 1. The van der Waals surface area contributed by atoms with Gasteiger partial charge in [-0.15, -0.1) is 0 Å². The van der Waals surface area contributed by atoms with Crippen LogP contribution >= 0.6 is 0 Å². The summed E-state index contributed by atoms with van der Waals surface area (Å²) in [5.41, 5.74) is 2.38. The van der Waals surface area contributed by atoms with Crippen LogP contribution in [0, 0.1) is 42.4 Å². The van der Waals surface area contributed by atoms with Crippen LogP contribution in [0.15, 0.2) is 40.3 Å². The number of amides is 4. The molecule has 3 fully saturated rings. The van der Waals surface area contributed by atoms with Crippen molar-refractivity contribution in [1.82, 2.24) is 14.9 Å². The van der Waals surface area contributed by atoms with Crippen molar-refractivity contribution in [2.45, 2.75) is 11.8 Å². The summed E-state index contributed by atoms with van der Waals surface area (Å²) in [4.78, 5) is 50.6. The van der Waals surface area contributed by atoms with Gasteiger partial charge < -0.3 is 0 Å². The van der Waals surface area contributed by atoms with Crippen LogP contribution in [0.3, 0.4) is 0 Å². The summed E-state index contributed by atoms with van der Waals surface area (Å²) < 4.78 is 27.9. The van der Waals surface area contributed by atoms with Gasteiger partial charge in [0.05, 0.1) is 28.6 Å². The van der Waals surface area contributed by atoms with Gasteiger partial charge in [0.25, 0.3) is 0 Å². The number of hydrogen-bond acceptors (Lipinski definition) is 6. The lowest BCUT2D eigenvalue weighted by Crippen LogP contribution is -2.54. The highest BCUT2D eigenvalue weighted by atomic mass is 32.2. The molecular weight excluding hydrogens is 422 g/mol. The first kappa shape index (κ1) is 18.9. The minimum absolute atomic E-state index is 0.0576. The predicted molar refractivity (Wildman–Crippen MR) is 104 cm³/mol. The van der Waals surface area contributed by atoms with E-state index in [1.807, 2.05) is 6.92 Å². The number of imide groups is 2. The summed E-state index contributed by atoms with van der Waals surface area (Å²) >= 11 is 0. The van der Waals surface area contributed by atoms with E-state index < -0.39 is 69.2 Å². The van der Waals surface area contributed by atoms with Crippen LogP contribution in [0.1, 0.15) is 5.56 Å². The molecule has 6 aliphatic rings. The van der Waals surface area contributed by atoms with Crippen LogP contribution in [-0.4, -0.2) is 49.4 Å². The van der Waals surface area contributed by atoms with Crippen molar-refractivity contribution in [3.8, 4) is 0 Å². The van der Waals surface area contributed by atoms with Gasteiger partial charge in [-0.25, -0.2) is 8.42 Å². The summed E-state index contributed by atoms with van der Waals surface area (Å²) in [7, 11) is -3.81. The molecule has 9 nitrogen and oxygen atoms in total. The quantitative estimate of drug-likeness (QED) is 0.463. The third-order valence-corrected chi connectivity index (χ3v) is 9.40. The average Bonchev–Trinajstić information content (AvgIpc) is 3.39. The maximum atomic E-state index is 13.3. The zero-order valence-corrected chi connectivity index (χ0v) is 17.3. The first-order valence-electron chi connectivity index (χ1n) is 10.2. The van der Waals surface area contributed by atoms with Crippen LogP contribution in [0.5, 0.6) is 0 Å². The van der Waals surface area contributed by atoms with Gasteiger partial charge in [0.1, 0.15) is 0 Å². The summed E-state index contributed by atoms with van der Waals surface area (Å²) in [5.74, 6) is -6.02. The predicted octanol–water partition coefficient (Wildman–Crippen LogP) is -0.667. The fourth-order valence-electron chi connectivity index (χ4n) is 6.40. The fourth-order valence-corrected chi connectivity index (χ4v) is 7.79. The van der Waals surface area contributed by atoms with Crippen molar-refractivity contribution in [3.05, 3.63) is 41.0 Å². The fraction of sp³-hybridized carbons (Fsp3) is 0.429. The molecule has 4 amide bonds. The van der Waals surface area contributed by atoms with E-state index in [2.05, 4.69) is 10.6 Å². The second kappa shape index (κ2) is 5.89. The molecule has 10 heteroatoms. The first-order chi connectivity index (χ1) is 14.7. The lowest BCUT2D eigenvalue weighted by Gasteiger charge is -2.49. The van der Waals surface area contributed by atoms with Gasteiger partial charge in [0.15, 0.2) is 0 Å². The zero-order valence-electron chi connectivity index (χ0n) is 16.5. The summed E-state index contributed by atoms with van der Waals surface area (Å²) in [6, 6.07) is 6.55. The number of hydrogen-bond donors (Lipinski definition) is 2. The van der Waals surface area contributed by atoms with Crippen LogP contribution in [0.2, 0.25) is 0 Å². The SMILES string of the molecule is Cc1ccc(S(=O)(=O)N2CC3=C(C2)C2C4C(=O)NC(=O)C4C3C3C(=O)NC(=O)C32)cc1. The van der Waals surface area contributed by atoms with E-state index in [0.717, 1.165) is 16.7 Å². The lowest BCUT2D eigenvalue weighted by atomic mass is 9.50. The monoisotopic (exact) mass is 441 g/mol. The Hall–Kier alpha value is -2.85. The number of nitrogens with one attached hydrogen (secondary N) is 2. The molecule has 0 radical (unpaired) electrons. The smallest absolute Gasteiger partial charge is 0.243 e. The molecule has 0 spiro atoms. The minimum Gasteiger partial charge on any atom is -0.296 e. The van der Waals surface area contributed by atoms with E-state index in [4.69, 9.17) is 0 Å². The third-order valence-electron chi connectivity index (χ3n) is 7.59. The van der Waals surface area contributed by atoms with E-state index in [1.165, 1.54) is 4.31 Å². The van der Waals surface area contributed by atoms with Gasteiger partial charge in [0.2, 0.25) is 33.7 Å². The number of sulfonamides is 1. The molecule has 3 aliphatic carbocycles. The Bertz CT molecular complexity index is 1140. The molecular formula is C21H19N3O6S. The first-order valence-corrected chi connectivity index (χ1v) is 11.6. The van der Waals surface area contributed by atoms with Gasteiger partial charge in [-0.05, 0) is 30.2 Å². The van der Waals surface area contributed by atoms with Gasteiger partial charge in [-0.2, -0.15) is 4.31 Å². The molecule has 31 heavy (non-hydrogen) atoms. The van der Waals surface area contributed by atoms with E-state index in [0.29, 0.717) is 0 Å². The van der Waals surface area contributed by atoms with Crippen LogP contribution in [0.4, 0.5) is 0 Å². The Kier molecular flexibility index (Phi) is 3.59. The molecule has 1 saturated carbocycles. The molecule has 2 bridgehead atoms. The second-order valence-electron chi connectivity index (χ2n) is 9.00. The molecule has 7 rings (SSSR count). The highest BCUT2D eigenvalue weighted by molar-refractivity contribution is 7.89. The van der Waals surface area contributed by atoms with Gasteiger partial charge in [-0.3, -0.25) is 29.8 Å². The molecule has 2 N–H and O–H groups in total. The van der Waals surface area contributed by atoms with E-state index in [-0.39, 0.29) is 18.0 Å². The molecule has 4 atom stereocenters. The van der Waals surface area contributed by atoms with Crippen LogP contribution < -0.4 is 10.6 Å². The lowest BCUT2D eigenvalue weighted by molar-refractivity contribution is -0.138. The maximum Gasteiger partial charge on any atom is 0.243 e. The van der Waals surface area contributed by atoms with Crippen molar-refractivity contribution in [2.75, 3.05) is 13.1 Å².